The summed E-state index contributed by atoms with van der Waals surface area (Å²) in [5.41, 5.74) is 0. The van der Waals surface area contributed by atoms with Gasteiger partial charge in [0.25, 0.3) is 4.93 Å². The molecule has 1 N–H and O–H groups in total. The van der Waals surface area contributed by atoms with E-state index in [0.717, 1.165) is 0 Å². The van der Waals surface area contributed by atoms with Gasteiger partial charge < -0.3 is 4.74 Å². The Morgan fingerprint density at radius 3 is 2.24 bits per heavy atom. The van der Waals surface area contributed by atoms with Gasteiger partial charge in [-0.15, -0.1) is 0 Å². The summed E-state index contributed by atoms with van der Waals surface area (Å²) in [5.74, 6) is 0.376. The molecule has 2 rings (SSSR count). The Morgan fingerprint density at radius 2 is 1.71 bits per heavy atom. The Hall–Kier alpha value is -1.59. The molecule has 0 atom stereocenters. The molecule has 0 aliphatic heterocycles. The van der Waals surface area contributed by atoms with Gasteiger partial charge in [-0.25, -0.2) is 0 Å². The van der Waals surface area contributed by atoms with Crippen LogP contribution in [0.5, 0.6) is 5.75 Å². The molecule has 1 aliphatic rings. The van der Waals surface area contributed by atoms with E-state index in [1.165, 1.54) is 12.2 Å². The third kappa shape index (κ3) is 2.40. The maximum absolute atomic E-state index is 11.4. The van der Waals surface area contributed by atoms with Gasteiger partial charge in [-0.3, -0.25) is 4.55 Å². The van der Waals surface area contributed by atoms with E-state index in [1.807, 2.05) is 0 Å². The van der Waals surface area contributed by atoms with Gasteiger partial charge in [-0.2, -0.15) is 8.42 Å². The molecule has 0 saturated carbocycles. The minimum atomic E-state index is -4.38. The first-order valence-corrected chi connectivity index (χ1v) is 6.54. The van der Waals surface area contributed by atoms with Gasteiger partial charge in [0.05, 0.1) is 0 Å². The summed E-state index contributed by atoms with van der Waals surface area (Å²) in [6.07, 6.45) is 6.58. The second kappa shape index (κ2) is 4.35. The van der Waals surface area contributed by atoms with Crippen molar-refractivity contribution in [3.05, 3.63) is 54.6 Å². The van der Waals surface area contributed by atoms with E-state index in [0.29, 0.717) is 12.2 Å². The monoisotopic (exact) mass is 252 g/mol. The summed E-state index contributed by atoms with van der Waals surface area (Å²) in [4.78, 5) is -1.81. The van der Waals surface area contributed by atoms with Crippen LogP contribution in [-0.4, -0.2) is 17.9 Å². The standard InChI is InChI=1S/C12H12O4S/c13-17(14,15)12(9-5-2-6-10-12)16-11-7-3-1-4-8-11/h1,3-10H,2H2,(H,13,14,15). The SMILES string of the molecule is O=S(=O)(O)C1(Oc2ccccc2)C=CCC=C1. The molecule has 1 aromatic carbocycles. The zero-order valence-corrected chi connectivity index (χ0v) is 9.80. The van der Waals surface area contributed by atoms with E-state index in [9.17, 15) is 13.0 Å². The quantitative estimate of drug-likeness (QED) is 0.661. The fourth-order valence-corrected chi connectivity index (χ4v) is 2.30. The topological polar surface area (TPSA) is 63.6 Å². The molecule has 0 unspecified atom stereocenters. The molecule has 1 aromatic rings. The molecular formula is C12H12O4S. The molecule has 0 spiro atoms. The average molecular weight is 252 g/mol. The van der Waals surface area contributed by atoms with E-state index >= 15 is 0 Å². The first-order valence-electron chi connectivity index (χ1n) is 5.10. The highest BCUT2D eigenvalue weighted by molar-refractivity contribution is 7.87. The lowest BCUT2D eigenvalue weighted by molar-refractivity contribution is 0.231. The van der Waals surface area contributed by atoms with Crippen molar-refractivity contribution < 1.29 is 17.7 Å². The van der Waals surface area contributed by atoms with Gasteiger partial charge in [-0.1, -0.05) is 30.4 Å². The van der Waals surface area contributed by atoms with Crippen LogP contribution in [0.3, 0.4) is 0 Å². The number of rotatable bonds is 3. The summed E-state index contributed by atoms with van der Waals surface area (Å²) in [6.45, 7) is 0. The minimum Gasteiger partial charge on any atom is -0.461 e. The van der Waals surface area contributed by atoms with E-state index in [1.54, 1.807) is 42.5 Å². The molecule has 0 fully saturated rings. The lowest BCUT2D eigenvalue weighted by atomic mass is 10.1. The highest BCUT2D eigenvalue weighted by atomic mass is 32.2. The maximum atomic E-state index is 11.4. The zero-order valence-electron chi connectivity index (χ0n) is 8.98. The van der Waals surface area contributed by atoms with Crippen molar-refractivity contribution in [1.82, 2.24) is 0 Å². The van der Waals surface area contributed by atoms with Crippen molar-refractivity contribution >= 4 is 10.1 Å². The largest absolute Gasteiger partial charge is 0.461 e. The van der Waals surface area contributed by atoms with E-state index in [-0.39, 0.29) is 0 Å². The third-order valence-corrected chi connectivity index (χ3v) is 3.56. The van der Waals surface area contributed by atoms with Gasteiger partial charge in [0.15, 0.2) is 0 Å². The van der Waals surface area contributed by atoms with Gasteiger partial charge in [0, 0.05) is 0 Å². The highest BCUT2D eigenvalue weighted by Gasteiger charge is 2.41. The average Bonchev–Trinajstić information content (AvgIpc) is 2.30. The first-order chi connectivity index (χ1) is 8.04. The van der Waals surface area contributed by atoms with E-state index in [4.69, 9.17) is 4.74 Å². The fraction of sp³-hybridized carbons (Fsp3) is 0.167. The van der Waals surface area contributed by atoms with Crippen LogP contribution in [0.1, 0.15) is 6.42 Å². The summed E-state index contributed by atoms with van der Waals surface area (Å²) in [6, 6.07) is 8.50. The summed E-state index contributed by atoms with van der Waals surface area (Å²) in [7, 11) is -4.38. The Kier molecular flexibility index (Phi) is 3.04. The Labute approximate surface area is 100.0 Å². The van der Waals surface area contributed by atoms with Crippen molar-refractivity contribution in [3.63, 3.8) is 0 Å². The minimum absolute atomic E-state index is 0.376. The van der Waals surface area contributed by atoms with Gasteiger partial charge in [0.2, 0.25) is 0 Å². The second-order valence-electron chi connectivity index (χ2n) is 3.65. The van der Waals surface area contributed by atoms with Crippen LogP contribution >= 0.6 is 0 Å². The molecule has 0 aromatic heterocycles. The zero-order chi connectivity index (χ0) is 12.4. The summed E-state index contributed by atoms with van der Waals surface area (Å²) >= 11 is 0. The fourth-order valence-electron chi connectivity index (χ4n) is 1.56. The van der Waals surface area contributed by atoms with Crippen LogP contribution in [-0.2, 0) is 10.1 Å². The van der Waals surface area contributed by atoms with Crippen molar-refractivity contribution in [3.8, 4) is 5.75 Å². The number of hydrogen-bond donors (Lipinski definition) is 1. The Morgan fingerprint density at radius 1 is 1.12 bits per heavy atom. The van der Waals surface area contributed by atoms with Crippen molar-refractivity contribution in [2.24, 2.45) is 0 Å². The summed E-state index contributed by atoms with van der Waals surface area (Å²) < 4.78 is 37.6. The molecule has 0 heterocycles. The first kappa shape index (κ1) is 11.9. The molecule has 90 valence electrons. The van der Waals surface area contributed by atoms with Crippen LogP contribution in [0.2, 0.25) is 0 Å². The number of para-hydroxylation sites is 1. The Balaban J connectivity index is 2.40. The molecule has 0 bridgehead atoms. The lowest BCUT2D eigenvalue weighted by Gasteiger charge is -2.26. The molecule has 0 saturated heterocycles. The smallest absolute Gasteiger partial charge is 0.314 e. The second-order valence-corrected chi connectivity index (χ2v) is 5.24. The predicted octanol–water partition coefficient (Wildman–Crippen LogP) is 2.17. The number of benzene rings is 1. The van der Waals surface area contributed by atoms with Crippen molar-refractivity contribution in [2.45, 2.75) is 11.4 Å². The lowest BCUT2D eigenvalue weighted by Crippen LogP contribution is -2.41. The van der Waals surface area contributed by atoms with Crippen LogP contribution in [0.15, 0.2) is 54.6 Å². The van der Waals surface area contributed by atoms with Crippen molar-refractivity contribution in [1.29, 1.82) is 0 Å². The van der Waals surface area contributed by atoms with Gasteiger partial charge in [0.1, 0.15) is 5.75 Å². The number of hydrogen-bond acceptors (Lipinski definition) is 3. The Bertz CT molecular complexity index is 531. The third-order valence-electron chi connectivity index (χ3n) is 2.40. The van der Waals surface area contributed by atoms with Crippen LogP contribution in [0, 0.1) is 0 Å². The molecular weight excluding hydrogens is 240 g/mol. The summed E-state index contributed by atoms with van der Waals surface area (Å²) in [5, 5.41) is 0. The number of allylic oxidation sites excluding steroid dienone is 2. The van der Waals surface area contributed by atoms with Gasteiger partial charge >= 0.3 is 10.1 Å². The van der Waals surface area contributed by atoms with E-state index < -0.39 is 15.1 Å². The molecule has 0 amide bonds. The number of ether oxygens (including phenoxy) is 1. The maximum Gasteiger partial charge on any atom is 0.314 e. The van der Waals surface area contributed by atoms with Crippen molar-refractivity contribution in [2.75, 3.05) is 0 Å². The normalized spacial score (nSPS) is 17.9. The van der Waals surface area contributed by atoms with Crippen LogP contribution in [0.25, 0.3) is 0 Å². The van der Waals surface area contributed by atoms with Crippen LogP contribution in [0.4, 0.5) is 0 Å². The molecule has 4 nitrogen and oxygen atoms in total. The molecule has 1 aliphatic carbocycles. The van der Waals surface area contributed by atoms with E-state index in [2.05, 4.69) is 0 Å². The highest BCUT2D eigenvalue weighted by Crippen LogP contribution is 2.28. The predicted molar refractivity (Wildman–Crippen MR) is 64.2 cm³/mol. The van der Waals surface area contributed by atoms with Gasteiger partial charge in [-0.05, 0) is 30.7 Å². The van der Waals surface area contributed by atoms with Crippen LogP contribution < -0.4 is 4.74 Å². The molecule has 0 radical (unpaired) electrons. The molecule has 5 heteroatoms. The molecule has 17 heavy (non-hydrogen) atoms.